The second-order valence-electron chi connectivity index (χ2n) is 5.66. The highest BCUT2D eigenvalue weighted by atomic mass is 16.5. The molecular formula is C19H23N3O4. The van der Waals surface area contributed by atoms with E-state index < -0.39 is 0 Å². The van der Waals surface area contributed by atoms with E-state index >= 15 is 0 Å². The van der Waals surface area contributed by atoms with E-state index in [1.807, 2.05) is 12.1 Å². The number of rotatable bonds is 8. The summed E-state index contributed by atoms with van der Waals surface area (Å²) in [5.41, 5.74) is 1.58. The minimum Gasteiger partial charge on any atom is -0.493 e. The largest absolute Gasteiger partial charge is 0.493 e. The smallest absolute Gasteiger partial charge is 0.226 e. The number of hydrogen-bond acceptors (Lipinski definition) is 5. The molecule has 2 amide bonds. The molecule has 0 saturated carbocycles. The molecule has 1 N–H and O–H groups in total. The summed E-state index contributed by atoms with van der Waals surface area (Å²) in [6, 6.07) is 8.84. The molecule has 0 saturated heterocycles. The van der Waals surface area contributed by atoms with Crippen molar-refractivity contribution in [1.29, 1.82) is 0 Å². The summed E-state index contributed by atoms with van der Waals surface area (Å²) in [6.45, 7) is 2.27. The van der Waals surface area contributed by atoms with Crippen LogP contribution in [-0.2, 0) is 16.1 Å². The Hall–Kier alpha value is -3.09. The zero-order chi connectivity index (χ0) is 18.9. The summed E-state index contributed by atoms with van der Waals surface area (Å²) in [6.07, 6.45) is 3.55. The average Bonchev–Trinajstić information content (AvgIpc) is 2.65. The molecule has 2 aromatic rings. The third-order valence-corrected chi connectivity index (χ3v) is 3.84. The Balaban J connectivity index is 1.93. The van der Waals surface area contributed by atoms with Crippen molar-refractivity contribution >= 4 is 17.5 Å². The molecule has 0 unspecified atom stereocenters. The van der Waals surface area contributed by atoms with Crippen molar-refractivity contribution < 1.29 is 19.1 Å². The van der Waals surface area contributed by atoms with Crippen molar-refractivity contribution in [1.82, 2.24) is 9.88 Å². The molecule has 0 bridgehead atoms. The van der Waals surface area contributed by atoms with E-state index in [9.17, 15) is 9.59 Å². The Morgan fingerprint density at radius 2 is 1.77 bits per heavy atom. The zero-order valence-corrected chi connectivity index (χ0v) is 15.2. The van der Waals surface area contributed by atoms with Crippen LogP contribution in [-0.4, -0.2) is 42.5 Å². The van der Waals surface area contributed by atoms with Crippen LogP contribution >= 0.6 is 0 Å². The number of aromatic nitrogens is 1. The lowest BCUT2D eigenvalue weighted by Gasteiger charge is -2.21. The van der Waals surface area contributed by atoms with Gasteiger partial charge in [-0.05, 0) is 29.8 Å². The average molecular weight is 357 g/mol. The molecule has 0 aliphatic rings. The van der Waals surface area contributed by atoms with Gasteiger partial charge in [-0.2, -0.15) is 0 Å². The van der Waals surface area contributed by atoms with Crippen molar-refractivity contribution in [2.24, 2.45) is 0 Å². The summed E-state index contributed by atoms with van der Waals surface area (Å²) in [5, 5.41) is 2.80. The highest BCUT2D eigenvalue weighted by Crippen LogP contribution is 2.29. The number of ether oxygens (including phenoxy) is 2. The van der Waals surface area contributed by atoms with Gasteiger partial charge in [-0.3, -0.25) is 14.6 Å². The zero-order valence-electron chi connectivity index (χ0n) is 15.2. The Morgan fingerprint density at radius 3 is 2.38 bits per heavy atom. The van der Waals surface area contributed by atoms with E-state index in [4.69, 9.17) is 9.47 Å². The van der Waals surface area contributed by atoms with E-state index in [1.165, 1.54) is 14.0 Å². The van der Waals surface area contributed by atoms with Crippen molar-refractivity contribution in [3.8, 4) is 11.5 Å². The maximum Gasteiger partial charge on any atom is 0.226 e. The minimum atomic E-state index is -0.182. The fourth-order valence-electron chi connectivity index (χ4n) is 2.43. The van der Waals surface area contributed by atoms with Gasteiger partial charge in [0, 0.05) is 50.6 Å². The summed E-state index contributed by atoms with van der Waals surface area (Å²) in [5.74, 6) is 0.859. The van der Waals surface area contributed by atoms with Crippen molar-refractivity contribution in [3.05, 3.63) is 48.3 Å². The highest BCUT2D eigenvalue weighted by molar-refractivity contribution is 5.91. The van der Waals surface area contributed by atoms with E-state index in [0.717, 1.165) is 5.56 Å². The lowest BCUT2D eigenvalue weighted by molar-refractivity contribution is -0.129. The molecule has 138 valence electrons. The number of nitrogens with zero attached hydrogens (tertiary/aromatic N) is 2. The summed E-state index contributed by atoms with van der Waals surface area (Å²) < 4.78 is 10.4. The standard InChI is InChI=1S/C19H23N3O4/c1-14(23)22(13-15-6-9-20-10-7-15)11-8-19(24)21-16-4-5-17(25-2)18(12-16)26-3/h4-7,9-10,12H,8,11,13H2,1-3H3,(H,21,24). The van der Waals surface area contributed by atoms with Crippen LogP contribution in [0, 0.1) is 0 Å². The summed E-state index contributed by atoms with van der Waals surface area (Å²) in [4.78, 5) is 29.6. The van der Waals surface area contributed by atoms with Crippen LogP contribution < -0.4 is 14.8 Å². The van der Waals surface area contributed by atoms with Crippen LogP contribution in [0.1, 0.15) is 18.9 Å². The van der Waals surface area contributed by atoms with Crippen LogP contribution in [0.15, 0.2) is 42.7 Å². The maximum absolute atomic E-state index is 12.2. The molecule has 1 heterocycles. The second kappa shape index (κ2) is 9.41. The fraction of sp³-hybridized carbons (Fsp3) is 0.316. The minimum absolute atomic E-state index is 0.0827. The Kier molecular flexibility index (Phi) is 6.96. The molecule has 1 aromatic heterocycles. The molecule has 0 fully saturated rings. The first-order valence-electron chi connectivity index (χ1n) is 8.19. The number of carbonyl (C=O) groups is 2. The van der Waals surface area contributed by atoms with Gasteiger partial charge in [0.05, 0.1) is 14.2 Å². The highest BCUT2D eigenvalue weighted by Gasteiger charge is 2.13. The van der Waals surface area contributed by atoms with Crippen molar-refractivity contribution in [2.75, 3.05) is 26.1 Å². The third kappa shape index (κ3) is 5.47. The van der Waals surface area contributed by atoms with Gasteiger partial charge in [-0.1, -0.05) is 0 Å². The van der Waals surface area contributed by atoms with Gasteiger partial charge in [-0.15, -0.1) is 0 Å². The Morgan fingerprint density at radius 1 is 1.08 bits per heavy atom. The number of anilines is 1. The van der Waals surface area contributed by atoms with Crippen molar-refractivity contribution in [3.63, 3.8) is 0 Å². The van der Waals surface area contributed by atoms with E-state index in [-0.39, 0.29) is 18.2 Å². The fourth-order valence-corrected chi connectivity index (χ4v) is 2.43. The normalized spacial score (nSPS) is 10.1. The van der Waals surface area contributed by atoms with Gasteiger partial charge < -0.3 is 19.7 Å². The monoisotopic (exact) mass is 357 g/mol. The Bertz CT molecular complexity index is 750. The molecule has 7 nitrogen and oxygen atoms in total. The van der Waals surface area contributed by atoms with Crippen LogP contribution in [0.2, 0.25) is 0 Å². The van der Waals surface area contributed by atoms with Gasteiger partial charge in [0.1, 0.15) is 0 Å². The molecule has 7 heteroatoms. The van der Waals surface area contributed by atoms with Crippen LogP contribution in [0.5, 0.6) is 11.5 Å². The van der Waals surface area contributed by atoms with Gasteiger partial charge in [-0.25, -0.2) is 0 Å². The predicted molar refractivity (Wildman–Crippen MR) is 98.1 cm³/mol. The van der Waals surface area contributed by atoms with Crippen LogP contribution in [0.25, 0.3) is 0 Å². The number of nitrogens with one attached hydrogen (secondary N) is 1. The molecule has 2 rings (SSSR count). The summed E-state index contributed by atoms with van der Waals surface area (Å²) >= 11 is 0. The maximum atomic E-state index is 12.2. The van der Waals surface area contributed by atoms with E-state index in [0.29, 0.717) is 30.3 Å². The van der Waals surface area contributed by atoms with Crippen molar-refractivity contribution in [2.45, 2.75) is 19.9 Å². The first-order chi connectivity index (χ1) is 12.5. The lowest BCUT2D eigenvalue weighted by atomic mass is 10.2. The molecule has 1 aromatic carbocycles. The first-order valence-corrected chi connectivity index (χ1v) is 8.19. The van der Waals surface area contributed by atoms with Crippen LogP contribution in [0.4, 0.5) is 5.69 Å². The third-order valence-electron chi connectivity index (χ3n) is 3.84. The number of amides is 2. The van der Waals surface area contributed by atoms with Gasteiger partial charge in [0.25, 0.3) is 0 Å². The molecule has 0 spiro atoms. The van der Waals surface area contributed by atoms with Gasteiger partial charge in [0.15, 0.2) is 11.5 Å². The SMILES string of the molecule is COc1ccc(NC(=O)CCN(Cc2ccncc2)C(C)=O)cc1OC. The second-order valence-corrected chi connectivity index (χ2v) is 5.66. The Labute approximate surface area is 152 Å². The molecule has 0 atom stereocenters. The van der Waals surface area contributed by atoms with E-state index in [2.05, 4.69) is 10.3 Å². The molecule has 0 aliphatic carbocycles. The topological polar surface area (TPSA) is 80.8 Å². The number of benzene rings is 1. The lowest BCUT2D eigenvalue weighted by Crippen LogP contribution is -2.31. The number of carbonyl (C=O) groups excluding carboxylic acids is 2. The number of methoxy groups -OCH3 is 2. The first kappa shape index (κ1) is 19.2. The van der Waals surface area contributed by atoms with E-state index in [1.54, 1.807) is 42.6 Å². The molecule has 0 radical (unpaired) electrons. The number of hydrogen-bond donors (Lipinski definition) is 1. The number of pyridine rings is 1. The molecule has 26 heavy (non-hydrogen) atoms. The van der Waals surface area contributed by atoms with Gasteiger partial charge >= 0.3 is 0 Å². The quantitative estimate of drug-likeness (QED) is 0.785. The molecular weight excluding hydrogens is 334 g/mol. The summed E-state index contributed by atoms with van der Waals surface area (Å²) in [7, 11) is 3.09. The van der Waals surface area contributed by atoms with Crippen LogP contribution in [0.3, 0.4) is 0 Å². The van der Waals surface area contributed by atoms with Gasteiger partial charge in [0.2, 0.25) is 11.8 Å². The predicted octanol–water partition coefficient (Wildman–Crippen LogP) is 2.48. The molecule has 0 aliphatic heterocycles.